The second-order valence-electron chi connectivity index (χ2n) is 7.36. The first-order chi connectivity index (χ1) is 16.4. The maximum absolute atomic E-state index is 13.4. The molecule has 0 aliphatic rings. The van der Waals surface area contributed by atoms with Crippen molar-refractivity contribution in [2.24, 2.45) is 0 Å². The first-order valence-corrected chi connectivity index (χ1v) is 11.2. The van der Waals surface area contributed by atoms with Gasteiger partial charge in [0.05, 0.1) is 11.6 Å². The van der Waals surface area contributed by atoms with E-state index in [4.69, 9.17) is 21.1 Å². The van der Waals surface area contributed by atoms with Crippen LogP contribution in [0.5, 0.6) is 11.5 Å². The summed E-state index contributed by atoms with van der Waals surface area (Å²) in [5.74, 6) is -0.247. The number of ether oxygens (including phenoxy) is 2. The highest BCUT2D eigenvalue weighted by molar-refractivity contribution is 6.32. The Morgan fingerprint density at radius 1 is 1.09 bits per heavy atom. The van der Waals surface area contributed by atoms with E-state index in [1.807, 2.05) is 32.0 Å². The Balaban J connectivity index is 1.82. The van der Waals surface area contributed by atoms with Crippen LogP contribution in [0.4, 0.5) is 10.1 Å². The van der Waals surface area contributed by atoms with Gasteiger partial charge in [0.2, 0.25) is 0 Å². The smallest absolute Gasteiger partial charge is 0.266 e. The van der Waals surface area contributed by atoms with Crippen molar-refractivity contribution < 1.29 is 18.7 Å². The molecule has 3 rings (SSSR count). The fourth-order valence-electron chi connectivity index (χ4n) is 3.19. The summed E-state index contributed by atoms with van der Waals surface area (Å²) in [6.45, 7) is 4.29. The van der Waals surface area contributed by atoms with Crippen molar-refractivity contribution in [3.8, 4) is 17.6 Å². The van der Waals surface area contributed by atoms with Gasteiger partial charge in [-0.3, -0.25) is 4.79 Å². The van der Waals surface area contributed by atoms with Crippen LogP contribution < -0.4 is 14.8 Å². The van der Waals surface area contributed by atoms with Gasteiger partial charge >= 0.3 is 0 Å². The summed E-state index contributed by atoms with van der Waals surface area (Å²) in [6.07, 6.45) is 2.32. The number of carbonyl (C=O) groups is 1. The van der Waals surface area contributed by atoms with Crippen molar-refractivity contribution in [2.45, 2.75) is 26.9 Å². The minimum Gasteiger partial charge on any atom is -0.490 e. The van der Waals surface area contributed by atoms with Crippen molar-refractivity contribution in [1.29, 1.82) is 5.26 Å². The highest BCUT2D eigenvalue weighted by Crippen LogP contribution is 2.38. The van der Waals surface area contributed by atoms with E-state index in [1.54, 1.807) is 36.4 Å². The van der Waals surface area contributed by atoms with Crippen molar-refractivity contribution in [1.82, 2.24) is 0 Å². The van der Waals surface area contributed by atoms with E-state index >= 15 is 0 Å². The number of nitrogens with one attached hydrogen (secondary N) is 1. The summed E-state index contributed by atoms with van der Waals surface area (Å²) in [7, 11) is 0. The first kappa shape index (κ1) is 24.8. The van der Waals surface area contributed by atoms with Crippen LogP contribution in [0, 0.1) is 17.1 Å². The van der Waals surface area contributed by atoms with Crippen LogP contribution in [-0.2, 0) is 17.8 Å². The van der Waals surface area contributed by atoms with E-state index in [0.29, 0.717) is 34.9 Å². The van der Waals surface area contributed by atoms with Crippen molar-refractivity contribution >= 4 is 29.3 Å². The minimum absolute atomic E-state index is 0.0912. The van der Waals surface area contributed by atoms with Crippen LogP contribution in [0.1, 0.15) is 30.5 Å². The molecule has 0 fully saturated rings. The highest BCUT2D eigenvalue weighted by Gasteiger charge is 2.15. The van der Waals surface area contributed by atoms with E-state index in [0.717, 1.165) is 12.0 Å². The van der Waals surface area contributed by atoms with Crippen molar-refractivity contribution in [2.75, 3.05) is 11.9 Å². The van der Waals surface area contributed by atoms with E-state index in [-0.39, 0.29) is 23.0 Å². The molecule has 3 aromatic carbocycles. The van der Waals surface area contributed by atoms with E-state index in [2.05, 4.69) is 5.32 Å². The van der Waals surface area contributed by atoms with Crippen LogP contribution in [-0.4, -0.2) is 12.5 Å². The molecule has 7 heteroatoms. The number of halogens is 2. The normalized spacial score (nSPS) is 11.0. The third-order valence-electron chi connectivity index (χ3n) is 4.90. The van der Waals surface area contributed by atoms with Gasteiger partial charge in [-0.2, -0.15) is 5.26 Å². The maximum atomic E-state index is 13.4. The van der Waals surface area contributed by atoms with Crippen LogP contribution in [0.3, 0.4) is 0 Å². The topological polar surface area (TPSA) is 71.3 Å². The fraction of sp³-hybridized carbons (Fsp3) is 0.185. The van der Waals surface area contributed by atoms with Gasteiger partial charge in [-0.1, -0.05) is 42.8 Å². The lowest BCUT2D eigenvalue weighted by Crippen LogP contribution is -2.13. The second-order valence-corrected chi connectivity index (χ2v) is 7.76. The molecular formula is C27H24ClFN2O3. The lowest BCUT2D eigenvalue weighted by Gasteiger charge is -2.15. The highest BCUT2D eigenvalue weighted by atomic mass is 35.5. The minimum atomic E-state index is -0.535. The molecule has 0 saturated carbocycles. The predicted molar refractivity (Wildman–Crippen MR) is 131 cm³/mol. The molecule has 1 amide bonds. The SMILES string of the molecule is CCOc1cc(/C=C(\C#N)C(=O)Nc2ccc(CC)cc2)cc(Cl)c1OCc1cccc(F)c1. The average molecular weight is 479 g/mol. The molecule has 0 bridgehead atoms. The van der Waals surface area contributed by atoms with E-state index < -0.39 is 5.91 Å². The Hall–Kier alpha value is -3.82. The Bertz CT molecular complexity index is 1230. The fourth-order valence-corrected chi connectivity index (χ4v) is 3.47. The van der Waals surface area contributed by atoms with Gasteiger partial charge in [0.1, 0.15) is 24.1 Å². The lowest BCUT2D eigenvalue weighted by molar-refractivity contribution is -0.112. The van der Waals surface area contributed by atoms with E-state index in [1.165, 1.54) is 18.2 Å². The van der Waals surface area contributed by atoms with Crippen LogP contribution >= 0.6 is 11.6 Å². The molecule has 3 aromatic rings. The van der Waals surface area contributed by atoms with Gasteiger partial charge in [-0.05, 0) is 72.5 Å². The molecule has 0 saturated heterocycles. The van der Waals surface area contributed by atoms with Crippen molar-refractivity contribution in [3.63, 3.8) is 0 Å². The standard InChI is InChI=1S/C27H24ClFN2O3/c1-3-18-8-10-23(11-9-18)31-27(32)21(16-30)12-20-14-24(28)26(25(15-20)33-4-2)34-17-19-6-5-7-22(29)13-19/h5-15H,3-4,17H2,1-2H3,(H,31,32)/b21-12+. The Kier molecular flexibility index (Phi) is 8.66. The van der Waals surface area contributed by atoms with Crippen LogP contribution in [0.25, 0.3) is 6.08 Å². The number of benzene rings is 3. The molecule has 0 radical (unpaired) electrons. The molecule has 0 unspecified atom stereocenters. The molecule has 0 spiro atoms. The largest absolute Gasteiger partial charge is 0.490 e. The zero-order chi connectivity index (χ0) is 24.5. The van der Waals surface area contributed by atoms with Gasteiger partial charge in [0.15, 0.2) is 11.5 Å². The predicted octanol–water partition coefficient (Wildman–Crippen LogP) is 6.56. The van der Waals surface area contributed by atoms with Gasteiger partial charge in [-0.15, -0.1) is 0 Å². The zero-order valence-corrected chi connectivity index (χ0v) is 19.7. The summed E-state index contributed by atoms with van der Waals surface area (Å²) in [6, 6.07) is 18.6. The zero-order valence-electron chi connectivity index (χ0n) is 18.9. The number of amides is 1. The summed E-state index contributed by atoms with van der Waals surface area (Å²) in [5, 5.41) is 12.5. The molecule has 0 atom stereocenters. The number of nitriles is 1. The van der Waals surface area contributed by atoms with Crippen LogP contribution in [0.2, 0.25) is 5.02 Å². The molecule has 0 heterocycles. The Morgan fingerprint density at radius 3 is 2.50 bits per heavy atom. The summed E-state index contributed by atoms with van der Waals surface area (Å²) in [4.78, 5) is 12.6. The summed E-state index contributed by atoms with van der Waals surface area (Å²) in [5.41, 5.74) is 2.79. The van der Waals surface area contributed by atoms with Crippen LogP contribution in [0.15, 0.2) is 66.2 Å². The maximum Gasteiger partial charge on any atom is 0.266 e. The number of hydrogen-bond donors (Lipinski definition) is 1. The third-order valence-corrected chi connectivity index (χ3v) is 5.18. The number of anilines is 1. The molecule has 174 valence electrons. The quantitative estimate of drug-likeness (QED) is 0.279. The summed E-state index contributed by atoms with van der Waals surface area (Å²) >= 11 is 6.44. The van der Waals surface area contributed by atoms with Crippen molar-refractivity contribution in [3.05, 3.63) is 93.8 Å². The van der Waals surface area contributed by atoms with Gasteiger partial charge < -0.3 is 14.8 Å². The number of aryl methyl sites for hydroxylation is 1. The molecule has 0 aliphatic heterocycles. The molecule has 34 heavy (non-hydrogen) atoms. The Morgan fingerprint density at radius 2 is 1.85 bits per heavy atom. The van der Waals surface area contributed by atoms with Gasteiger partial charge in [-0.25, -0.2) is 4.39 Å². The van der Waals surface area contributed by atoms with E-state index in [9.17, 15) is 14.4 Å². The second kappa shape index (κ2) is 11.9. The molecule has 0 aromatic heterocycles. The number of rotatable bonds is 9. The molecule has 5 nitrogen and oxygen atoms in total. The summed E-state index contributed by atoms with van der Waals surface area (Å²) < 4.78 is 24.9. The lowest BCUT2D eigenvalue weighted by atomic mass is 10.1. The Labute approximate surface area is 203 Å². The molecule has 0 aliphatic carbocycles. The monoisotopic (exact) mass is 478 g/mol. The average Bonchev–Trinajstić information content (AvgIpc) is 2.82. The third kappa shape index (κ3) is 6.60. The number of carbonyl (C=O) groups excluding carboxylic acids is 1. The number of nitrogens with zero attached hydrogens (tertiary/aromatic N) is 1. The number of hydrogen-bond acceptors (Lipinski definition) is 4. The van der Waals surface area contributed by atoms with Gasteiger partial charge in [0.25, 0.3) is 5.91 Å². The van der Waals surface area contributed by atoms with Gasteiger partial charge in [0, 0.05) is 5.69 Å². The molecular weight excluding hydrogens is 455 g/mol. The molecule has 1 N–H and O–H groups in total. The first-order valence-electron chi connectivity index (χ1n) is 10.8.